The predicted octanol–water partition coefficient (Wildman–Crippen LogP) is 12.7. The molecule has 0 aliphatic heterocycles. The zero-order valence-electron chi connectivity index (χ0n) is 30.3. The van der Waals surface area contributed by atoms with Crippen LogP contribution in [0.3, 0.4) is 0 Å². The molecule has 0 bridgehead atoms. The van der Waals surface area contributed by atoms with Crippen molar-refractivity contribution in [2.45, 2.75) is 0 Å². The summed E-state index contributed by atoms with van der Waals surface area (Å²) in [7, 11) is 0. The van der Waals surface area contributed by atoms with E-state index in [2.05, 4.69) is 191 Å². The van der Waals surface area contributed by atoms with E-state index in [0.717, 1.165) is 61.3 Å². The molecule has 5 nitrogen and oxygen atoms in total. The van der Waals surface area contributed by atoms with Gasteiger partial charge in [0.05, 0.1) is 33.4 Å². The Kier molecular flexibility index (Phi) is 7.42. The summed E-state index contributed by atoms with van der Waals surface area (Å²) in [4.78, 5) is 15.7. The highest BCUT2D eigenvalue weighted by molar-refractivity contribution is 6.11. The average molecular weight is 716 g/mol. The zero-order valence-corrected chi connectivity index (χ0v) is 30.3. The van der Waals surface area contributed by atoms with E-state index in [9.17, 15) is 0 Å². The Balaban J connectivity index is 1.16. The van der Waals surface area contributed by atoms with Crippen molar-refractivity contribution in [3.63, 3.8) is 0 Å². The lowest BCUT2D eigenvalue weighted by molar-refractivity contribution is 1.06. The van der Waals surface area contributed by atoms with Gasteiger partial charge in [0.25, 0.3) is 0 Å². The van der Waals surface area contributed by atoms with Gasteiger partial charge in [-0.25, -0.2) is 15.0 Å². The van der Waals surface area contributed by atoms with Crippen LogP contribution in [-0.2, 0) is 0 Å². The summed E-state index contributed by atoms with van der Waals surface area (Å²) < 4.78 is 4.71. The van der Waals surface area contributed by atoms with Crippen molar-refractivity contribution in [2.24, 2.45) is 0 Å². The molecule has 0 atom stereocenters. The molecule has 0 spiro atoms. The first-order valence-corrected chi connectivity index (χ1v) is 18.9. The molecule has 0 amide bonds. The standard InChI is InChI=1S/C51H33N5/c1-3-17-34(18-4-1)42-33-36(31-32-48(42)56-45-28-14-9-23-39(45)40-24-10-15-29-46(40)56)50-52-49(35-19-5-2-6-20-35)53-51(54-50)41-25-11-16-30-47(41)55-43-26-12-7-21-37(43)38-22-8-13-27-44(38)55/h1-33H. The van der Waals surface area contributed by atoms with Gasteiger partial charge in [-0.2, -0.15) is 0 Å². The topological polar surface area (TPSA) is 48.5 Å². The first kappa shape index (κ1) is 31.9. The first-order valence-electron chi connectivity index (χ1n) is 18.9. The minimum absolute atomic E-state index is 0.608. The van der Waals surface area contributed by atoms with E-state index in [0.29, 0.717) is 17.5 Å². The van der Waals surface area contributed by atoms with Gasteiger partial charge in [-0.1, -0.05) is 146 Å². The molecule has 3 aromatic heterocycles. The van der Waals surface area contributed by atoms with Crippen LogP contribution in [-0.4, -0.2) is 24.1 Å². The van der Waals surface area contributed by atoms with Crippen molar-refractivity contribution in [3.05, 3.63) is 200 Å². The monoisotopic (exact) mass is 715 g/mol. The molecule has 0 aliphatic rings. The maximum Gasteiger partial charge on any atom is 0.166 e. The van der Waals surface area contributed by atoms with E-state index in [-0.39, 0.29) is 0 Å². The van der Waals surface area contributed by atoms with E-state index in [1.165, 1.54) is 21.5 Å². The first-order chi connectivity index (χ1) is 27.8. The minimum Gasteiger partial charge on any atom is -0.309 e. The lowest BCUT2D eigenvalue weighted by Gasteiger charge is -2.17. The highest BCUT2D eigenvalue weighted by Crippen LogP contribution is 2.39. The summed E-state index contributed by atoms with van der Waals surface area (Å²) in [6.07, 6.45) is 0. The van der Waals surface area contributed by atoms with Crippen LogP contribution >= 0.6 is 0 Å². The fraction of sp³-hybridized carbons (Fsp3) is 0. The molecule has 0 saturated carbocycles. The lowest BCUT2D eigenvalue weighted by Crippen LogP contribution is -2.04. The van der Waals surface area contributed by atoms with Gasteiger partial charge < -0.3 is 9.13 Å². The van der Waals surface area contributed by atoms with Crippen molar-refractivity contribution in [1.82, 2.24) is 24.1 Å². The number of benzene rings is 8. The number of nitrogens with zero attached hydrogens (tertiary/aromatic N) is 5. The van der Waals surface area contributed by atoms with Crippen molar-refractivity contribution in [2.75, 3.05) is 0 Å². The summed E-state index contributed by atoms with van der Waals surface area (Å²) in [5, 5.41) is 4.86. The zero-order chi connectivity index (χ0) is 37.0. The fourth-order valence-corrected chi connectivity index (χ4v) is 8.28. The molecule has 11 aromatic rings. The summed E-state index contributed by atoms with van der Waals surface area (Å²) in [6.45, 7) is 0. The van der Waals surface area contributed by atoms with Crippen molar-refractivity contribution in [3.8, 4) is 56.7 Å². The van der Waals surface area contributed by atoms with E-state index >= 15 is 0 Å². The molecule has 0 aliphatic carbocycles. The van der Waals surface area contributed by atoms with Crippen LogP contribution in [0.1, 0.15) is 0 Å². The Morgan fingerprint density at radius 2 is 0.661 bits per heavy atom. The number of hydrogen-bond acceptors (Lipinski definition) is 3. The predicted molar refractivity (Wildman–Crippen MR) is 230 cm³/mol. The van der Waals surface area contributed by atoms with Gasteiger partial charge in [0, 0.05) is 43.8 Å². The molecule has 8 aromatic carbocycles. The van der Waals surface area contributed by atoms with Crippen LogP contribution in [0, 0.1) is 0 Å². The third-order valence-corrected chi connectivity index (χ3v) is 10.8. The maximum absolute atomic E-state index is 5.31. The molecular formula is C51H33N5. The molecule has 0 radical (unpaired) electrons. The Morgan fingerprint density at radius 3 is 1.20 bits per heavy atom. The third-order valence-electron chi connectivity index (χ3n) is 10.8. The van der Waals surface area contributed by atoms with E-state index in [1.807, 2.05) is 18.2 Å². The van der Waals surface area contributed by atoms with E-state index < -0.39 is 0 Å². The SMILES string of the molecule is c1ccc(-c2nc(-c3ccc(-n4c5ccccc5c5ccccc54)c(-c4ccccc4)c3)nc(-c3ccccc3-n3c4ccccc4c4ccccc43)n2)cc1. The smallest absolute Gasteiger partial charge is 0.166 e. The van der Waals surface area contributed by atoms with Gasteiger partial charge in [-0.3, -0.25) is 0 Å². The molecular weight excluding hydrogens is 683 g/mol. The van der Waals surface area contributed by atoms with Crippen molar-refractivity contribution >= 4 is 43.6 Å². The number of rotatable bonds is 6. The van der Waals surface area contributed by atoms with Crippen LogP contribution in [0.5, 0.6) is 0 Å². The van der Waals surface area contributed by atoms with Gasteiger partial charge in [0.15, 0.2) is 17.5 Å². The van der Waals surface area contributed by atoms with Crippen LogP contribution in [0.4, 0.5) is 0 Å². The second-order valence-corrected chi connectivity index (χ2v) is 14.0. The Hall–Kier alpha value is -7.63. The summed E-state index contributed by atoms with van der Waals surface area (Å²) in [5.74, 6) is 1.84. The highest BCUT2D eigenvalue weighted by atomic mass is 15.1. The molecule has 0 fully saturated rings. The highest BCUT2D eigenvalue weighted by Gasteiger charge is 2.21. The average Bonchev–Trinajstić information content (AvgIpc) is 3.80. The maximum atomic E-state index is 5.31. The third kappa shape index (κ3) is 5.13. The Bertz CT molecular complexity index is 3140. The summed E-state index contributed by atoms with van der Waals surface area (Å²) >= 11 is 0. The normalized spacial score (nSPS) is 11.6. The van der Waals surface area contributed by atoms with E-state index in [4.69, 9.17) is 15.0 Å². The van der Waals surface area contributed by atoms with Gasteiger partial charge >= 0.3 is 0 Å². The number of hydrogen-bond donors (Lipinski definition) is 0. The van der Waals surface area contributed by atoms with Crippen LogP contribution < -0.4 is 0 Å². The fourth-order valence-electron chi connectivity index (χ4n) is 8.28. The molecule has 3 heterocycles. The molecule has 0 N–H and O–H groups in total. The van der Waals surface area contributed by atoms with Crippen LogP contribution in [0.25, 0.3) is 100 Å². The van der Waals surface area contributed by atoms with Gasteiger partial charge in [0.2, 0.25) is 0 Å². The van der Waals surface area contributed by atoms with Gasteiger partial charge in [-0.15, -0.1) is 0 Å². The van der Waals surface area contributed by atoms with Gasteiger partial charge in [-0.05, 0) is 60.2 Å². The van der Waals surface area contributed by atoms with Crippen LogP contribution in [0.15, 0.2) is 200 Å². The summed E-state index contributed by atoms with van der Waals surface area (Å²) in [6, 6.07) is 70.3. The molecule has 11 rings (SSSR count). The summed E-state index contributed by atoms with van der Waals surface area (Å²) in [5.41, 5.74) is 11.6. The lowest BCUT2D eigenvalue weighted by atomic mass is 10.00. The van der Waals surface area contributed by atoms with Crippen molar-refractivity contribution in [1.29, 1.82) is 0 Å². The Labute approximate surface area is 323 Å². The minimum atomic E-state index is 0.608. The van der Waals surface area contributed by atoms with Crippen molar-refractivity contribution < 1.29 is 0 Å². The second-order valence-electron chi connectivity index (χ2n) is 14.0. The molecule has 0 unspecified atom stereocenters. The molecule has 5 heteroatoms. The largest absolute Gasteiger partial charge is 0.309 e. The van der Waals surface area contributed by atoms with Gasteiger partial charge in [0.1, 0.15) is 0 Å². The van der Waals surface area contributed by atoms with E-state index in [1.54, 1.807) is 0 Å². The molecule has 0 saturated heterocycles. The van der Waals surface area contributed by atoms with Crippen LogP contribution in [0.2, 0.25) is 0 Å². The number of aromatic nitrogens is 5. The quantitative estimate of drug-likeness (QED) is 0.172. The Morgan fingerprint density at radius 1 is 0.268 bits per heavy atom. The molecule has 262 valence electrons. The second kappa shape index (κ2) is 13.0. The number of para-hydroxylation sites is 5. The number of fused-ring (bicyclic) bond motifs is 6. The molecule has 56 heavy (non-hydrogen) atoms.